The minimum absolute atomic E-state index is 0.00119. The molecule has 156 valence electrons. The van der Waals surface area contributed by atoms with E-state index >= 15 is 0 Å². The maximum Gasteiger partial charge on any atom is 0.341 e. The Hall–Kier alpha value is -2.79. The highest BCUT2D eigenvalue weighted by atomic mass is 32.2. The van der Waals surface area contributed by atoms with E-state index in [-0.39, 0.29) is 10.0 Å². The largest absolute Gasteiger partial charge is 0.465 e. The van der Waals surface area contributed by atoms with Gasteiger partial charge in [0, 0.05) is 16.1 Å². The Kier molecular flexibility index (Phi) is 6.52. The fourth-order valence-corrected chi connectivity index (χ4v) is 4.74. The number of sulfonamides is 1. The molecule has 0 bridgehead atoms. The van der Waals surface area contributed by atoms with E-state index < -0.39 is 16.0 Å². The van der Waals surface area contributed by atoms with Crippen LogP contribution >= 0.6 is 23.6 Å². The summed E-state index contributed by atoms with van der Waals surface area (Å²) >= 11 is 6.75. The summed E-state index contributed by atoms with van der Waals surface area (Å²) in [6, 6.07) is 15.4. The van der Waals surface area contributed by atoms with Gasteiger partial charge in [-0.1, -0.05) is 30.3 Å². The third-order valence-electron chi connectivity index (χ3n) is 4.20. The van der Waals surface area contributed by atoms with E-state index in [1.807, 2.05) is 37.3 Å². The number of rotatable bonds is 5. The van der Waals surface area contributed by atoms with Crippen molar-refractivity contribution >= 4 is 55.3 Å². The number of nitrogens with two attached hydrogens (primary N) is 1. The van der Waals surface area contributed by atoms with E-state index in [2.05, 4.69) is 10.6 Å². The van der Waals surface area contributed by atoms with Gasteiger partial charge in [-0.2, -0.15) is 0 Å². The molecule has 1 aromatic heterocycles. The molecule has 0 aliphatic heterocycles. The number of thiophene rings is 1. The number of esters is 1. The average molecular weight is 462 g/mol. The number of primary sulfonamides is 1. The lowest BCUT2D eigenvalue weighted by Gasteiger charge is -2.11. The number of anilines is 2. The number of hydrogen-bond acceptors (Lipinski definition) is 6. The predicted octanol–water partition coefficient (Wildman–Crippen LogP) is 3.97. The Morgan fingerprint density at radius 2 is 1.70 bits per heavy atom. The molecule has 0 saturated carbocycles. The van der Waals surface area contributed by atoms with E-state index in [0.717, 1.165) is 16.0 Å². The van der Waals surface area contributed by atoms with E-state index in [4.69, 9.17) is 22.1 Å². The molecule has 7 nitrogen and oxygen atoms in total. The van der Waals surface area contributed by atoms with Crippen LogP contribution in [0.4, 0.5) is 10.7 Å². The summed E-state index contributed by atoms with van der Waals surface area (Å²) in [6.45, 7) is 1.92. The number of ether oxygens (including phenoxy) is 1. The fraction of sp³-hybridized carbons (Fsp3) is 0.100. The van der Waals surface area contributed by atoms with Gasteiger partial charge in [-0.15, -0.1) is 11.3 Å². The zero-order valence-electron chi connectivity index (χ0n) is 16.1. The van der Waals surface area contributed by atoms with Crippen LogP contribution < -0.4 is 15.8 Å². The molecule has 4 N–H and O–H groups in total. The first-order valence-electron chi connectivity index (χ1n) is 8.68. The van der Waals surface area contributed by atoms with E-state index in [1.54, 1.807) is 12.1 Å². The third-order valence-corrected chi connectivity index (χ3v) is 6.36. The summed E-state index contributed by atoms with van der Waals surface area (Å²) in [4.78, 5) is 13.5. The first-order chi connectivity index (χ1) is 14.2. The summed E-state index contributed by atoms with van der Waals surface area (Å²) < 4.78 is 27.7. The molecule has 10 heteroatoms. The van der Waals surface area contributed by atoms with Crippen molar-refractivity contribution in [2.45, 2.75) is 11.8 Å². The maximum atomic E-state index is 12.5. The standard InChI is InChI=1S/C20H19N3O4S3/c1-12-16(13-6-4-3-5-7-13)17(19(24)27-2)18(29-12)23-20(28)22-14-8-10-15(11-9-14)30(21,25)26/h3-11H,1-2H3,(H2,21,25,26)(H2,22,23,28). The van der Waals surface area contributed by atoms with Gasteiger partial charge in [0.1, 0.15) is 10.6 Å². The van der Waals surface area contributed by atoms with Crippen LogP contribution in [0, 0.1) is 6.92 Å². The van der Waals surface area contributed by atoms with Gasteiger partial charge in [0.2, 0.25) is 10.0 Å². The Balaban J connectivity index is 1.87. The Morgan fingerprint density at radius 3 is 2.27 bits per heavy atom. The van der Waals surface area contributed by atoms with Crippen molar-refractivity contribution in [3.8, 4) is 11.1 Å². The minimum atomic E-state index is -3.77. The van der Waals surface area contributed by atoms with Crippen molar-refractivity contribution in [1.82, 2.24) is 0 Å². The molecule has 2 aromatic carbocycles. The average Bonchev–Trinajstić information content (AvgIpc) is 3.03. The second-order valence-corrected chi connectivity index (χ2v) is 9.44. The number of carbonyl (C=O) groups is 1. The van der Waals surface area contributed by atoms with Gasteiger partial charge in [-0.25, -0.2) is 18.4 Å². The van der Waals surface area contributed by atoms with Crippen molar-refractivity contribution in [3.05, 3.63) is 65.0 Å². The van der Waals surface area contributed by atoms with Gasteiger partial charge >= 0.3 is 5.97 Å². The van der Waals surface area contributed by atoms with Gasteiger partial charge in [0.25, 0.3) is 0 Å². The van der Waals surface area contributed by atoms with Crippen LogP contribution in [0.3, 0.4) is 0 Å². The van der Waals surface area contributed by atoms with Crippen LogP contribution in [-0.4, -0.2) is 26.6 Å². The Labute approximate surface area is 183 Å². The van der Waals surface area contributed by atoms with Gasteiger partial charge in [0.05, 0.1) is 12.0 Å². The quantitative estimate of drug-likeness (QED) is 0.389. The molecular weight excluding hydrogens is 442 g/mol. The number of nitrogens with one attached hydrogen (secondary N) is 2. The summed E-state index contributed by atoms with van der Waals surface area (Å²) in [7, 11) is -2.44. The third kappa shape index (κ3) is 4.85. The van der Waals surface area contributed by atoms with Crippen LogP contribution in [0.25, 0.3) is 11.1 Å². The molecule has 0 amide bonds. The highest BCUT2D eigenvalue weighted by Gasteiger charge is 2.24. The highest BCUT2D eigenvalue weighted by molar-refractivity contribution is 7.89. The van der Waals surface area contributed by atoms with Crippen LogP contribution in [-0.2, 0) is 14.8 Å². The van der Waals surface area contributed by atoms with Crippen molar-refractivity contribution in [3.63, 3.8) is 0 Å². The topological polar surface area (TPSA) is 111 Å². The second-order valence-electron chi connectivity index (χ2n) is 6.24. The number of benzene rings is 2. The monoisotopic (exact) mass is 461 g/mol. The van der Waals surface area contributed by atoms with E-state index in [1.165, 1.54) is 30.6 Å². The first-order valence-corrected chi connectivity index (χ1v) is 11.5. The fourth-order valence-electron chi connectivity index (χ4n) is 2.88. The number of hydrogen-bond donors (Lipinski definition) is 3. The maximum absolute atomic E-state index is 12.5. The van der Waals surface area contributed by atoms with Crippen molar-refractivity contribution < 1.29 is 17.9 Å². The van der Waals surface area contributed by atoms with Crippen LogP contribution in [0.5, 0.6) is 0 Å². The van der Waals surface area contributed by atoms with Gasteiger partial charge in [-0.3, -0.25) is 0 Å². The molecule has 0 atom stereocenters. The lowest BCUT2D eigenvalue weighted by molar-refractivity contribution is 0.0603. The minimum Gasteiger partial charge on any atom is -0.465 e. The van der Waals surface area contributed by atoms with Gasteiger partial charge in [0.15, 0.2) is 5.11 Å². The highest BCUT2D eigenvalue weighted by Crippen LogP contribution is 2.40. The molecule has 0 spiro atoms. The van der Waals surface area contributed by atoms with E-state index in [9.17, 15) is 13.2 Å². The molecule has 0 saturated heterocycles. The predicted molar refractivity (Wildman–Crippen MR) is 123 cm³/mol. The number of methoxy groups -OCH3 is 1. The molecule has 0 aliphatic rings. The Morgan fingerprint density at radius 1 is 1.07 bits per heavy atom. The normalized spacial score (nSPS) is 11.0. The van der Waals surface area contributed by atoms with Gasteiger partial charge in [-0.05, 0) is 49.0 Å². The number of aryl methyl sites for hydroxylation is 1. The lowest BCUT2D eigenvalue weighted by Crippen LogP contribution is -2.20. The number of thiocarbonyl (C=S) groups is 1. The molecule has 3 aromatic rings. The second kappa shape index (κ2) is 8.92. The molecule has 0 radical (unpaired) electrons. The van der Waals surface area contributed by atoms with Crippen molar-refractivity contribution in [2.24, 2.45) is 5.14 Å². The van der Waals surface area contributed by atoms with Crippen LogP contribution in [0.1, 0.15) is 15.2 Å². The van der Waals surface area contributed by atoms with E-state index in [0.29, 0.717) is 16.3 Å². The molecule has 3 rings (SSSR count). The molecule has 0 aliphatic carbocycles. The van der Waals surface area contributed by atoms with Crippen LogP contribution in [0.15, 0.2) is 59.5 Å². The summed E-state index contributed by atoms with van der Waals surface area (Å²) in [5.41, 5.74) is 2.66. The molecule has 0 fully saturated rings. The zero-order chi connectivity index (χ0) is 21.9. The number of carbonyl (C=O) groups excluding carboxylic acids is 1. The smallest absolute Gasteiger partial charge is 0.341 e. The SMILES string of the molecule is COC(=O)c1c(NC(=S)Nc2ccc(S(N)(=O)=O)cc2)sc(C)c1-c1ccccc1. The summed E-state index contributed by atoms with van der Waals surface area (Å²) in [5.74, 6) is -0.471. The lowest BCUT2D eigenvalue weighted by atomic mass is 10.0. The summed E-state index contributed by atoms with van der Waals surface area (Å²) in [5, 5.41) is 11.9. The van der Waals surface area contributed by atoms with Crippen molar-refractivity contribution in [2.75, 3.05) is 17.7 Å². The molecule has 30 heavy (non-hydrogen) atoms. The molecule has 1 heterocycles. The van der Waals surface area contributed by atoms with Crippen molar-refractivity contribution in [1.29, 1.82) is 0 Å². The Bertz CT molecular complexity index is 1190. The first kappa shape index (κ1) is 21.9. The zero-order valence-corrected chi connectivity index (χ0v) is 18.6. The van der Waals surface area contributed by atoms with Gasteiger partial charge < -0.3 is 15.4 Å². The molecular formula is C20H19N3O4S3. The summed E-state index contributed by atoms with van der Waals surface area (Å²) in [6.07, 6.45) is 0. The van der Waals surface area contributed by atoms with Crippen LogP contribution in [0.2, 0.25) is 0 Å². The molecule has 0 unspecified atom stereocenters.